The van der Waals surface area contributed by atoms with Crippen LogP contribution in [0.25, 0.3) is 0 Å². The van der Waals surface area contributed by atoms with Crippen LogP contribution in [-0.2, 0) is 0 Å². The third-order valence-electron chi connectivity index (χ3n) is 4.08. The summed E-state index contributed by atoms with van der Waals surface area (Å²) in [5.41, 5.74) is 1.10. The van der Waals surface area contributed by atoms with E-state index < -0.39 is 0 Å². The van der Waals surface area contributed by atoms with Crippen LogP contribution in [0, 0.1) is 9.49 Å². The second-order valence-electron chi connectivity index (χ2n) is 5.63. The molecule has 1 N–H and O–H groups in total. The van der Waals surface area contributed by atoms with E-state index in [-0.39, 0.29) is 0 Å². The van der Waals surface area contributed by atoms with Crippen LogP contribution in [0.4, 0.5) is 5.69 Å². The molecule has 0 radical (unpaired) electrons. The Morgan fingerprint density at radius 3 is 2.84 bits per heavy atom. The monoisotopic (exact) mass is 391 g/mol. The molecule has 0 saturated heterocycles. The number of benzene rings is 1. The molecule has 1 aliphatic carbocycles. The molecule has 2 atom stereocenters. The van der Waals surface area contributed by atoms with Gasteiger partial charge in [0.25, 0.3) is 0 Å². The normalized spacial score (nSPS) is 23.9. The highest BCUT2D eigenvalue weighted by atomic mass is 127. The van der Waals surface area contributed by atoms with Gasteiger partial charge in [-0.2, -0.15) is 0 Å². The molecule has 1 nitrogen and oxygen atoms in total. The smallest absolute Gasteiger partial charge is 0.0648 e. The molecule has 1 saturated carbocycles. The lowest BCUT2D eigenvalue weighted by atomic mass is 9.95. The van der Waals surface area contributed by atoms with Crippen molar-refractivity contribution in [1.82, 2.24) is 0 Å². The van der Waals surface area contributed by atoms with Gasteiger partial charge in [0.2, 0.25) is 0 Å². The Kier molecular flexibility index (Phi) is 6.27. The maximum absolute atomic E-state index is 6.30. The minimum absolute atomic E-state index is 0.597. The third-order valence-corrected chi connectivity index (χ3v) is 5.06. The van der Waals surface area contributed by atoms with Crippen LogP contribution >= 0.6 is 34.2 Å². The molecule has 0 aromatic heterocycles. The van der Waals surface area contributed by atoms with Crippen molar-refractivity contribution >= 4 is 39.9 Å². The lowest BCUT2D eigenvalue weighted by Crippen LogP contribution is -2.18. The predicted molar refractivity (Wildman–Crippen MR) is 93.1 cm³/mol. The fraction of sp³-hybridized carbons (Fsp3) is 0.625. The van der Waals surface area contributed by atoms with Gasteiger partial charge < -0.3 is 5.32 Å². The lowest BCUT2D eigenvalue weighted by Gasteiger charge is -2.19. The van der Waals surface area contributed by atoms with E-state index in [1.54, 1.807) is 0 Å². The summed E-state index contributed by atoms with van der Waals surface area (Å²) in [6.07, 6.45) is 9.42. The van der Waals surface area contributed by atoms with E-state index >= 15 is 0 Å². The molecule has 1 fully saturated rings. The zero-order chi connectivity index (χ0) is 13.7. The summed E-state index contributed by atoms with van der Waals surface area (Å²) in [5.74, 6) is 0.948. The topological polar surface area (TPSA) is 12.0 Å². The highest BCUT2D eigenvalue weighted by Crippen LogP contribution is 2.30. The van der Waals surface area contributed by atoms with Crippen LogP contribution in [0.15, 0.2) is 18.2 Å². The van der Waals surface area contributed by atoms with Crippen LogP contribution in [-0.4, -0.2) is 6.04 Å². The van der Waals surface area contributed by atoms with Crippen molar-refractivity contribution in [3.8, 4) is 0 Å². The highest BCUT2D eigenvalue weighted by Gasteiger charge is 2.18. The SMILES string of the molecule is CCCC1CCCC(Nc2ccc(I)cc2Cl)CC1. The average molecular weight is 392 g/mol. The van der Waals surface area contributed by atoms with E-state index in [1.807, 2.05) is 6.07 Å². The van der Waals surface area contributed by atoms with Crippen LogP contribution < -0.4 is 5.32 Å². The second-order valence-corrected chi connectivity index (χ2v) is 7.28. The van der Waals surface area contributed by atoms with Crippen molar-refractivity contribution in [2.24, 2.45) is 5.92 Å². The number of anilines is 1. The first-order valence-electron chi connectivity index (χ1n) is 7.40. The van der Waals surface area contributed by atoms with Gasteiger partial charge in [-0.25, -0.2) is 0 Å². The van der Waals surface area contributed by atoms with Crippen molar-refractivity contribution in [3.05, 3.63) is 26.8 Å². The van der Waals surface area contributed by atoms with Gasteiger partial charge in [-0.1, -0.05) is 44.2 Å². The molecule has 0 bridgehead atoms. The molecule has 3 heteroatoms. The summed E-state index contributed by atoms with van der Waals surface area (Å²) in [6, 6.07) is 6.85. The molecule has 2 rings (SSSR count). The molecule has 106 valence electrons. The van der Waals surface area contributed by atoms with Crippen LogP contribution in [0.3, 0.4) is 0 Å². The molecule has 2 unspecified atom stereocenters. The van der Waals surface area contributed by atoms with Crippen molar-refractivity contribution in [3.63, 3.8) is 0 Å². The van der Waals surface area contributed by atoms with Gasteiger partial charge in [0, 0.05) is 9.61 Å². The van der Waals surface area contributed by atoms with Crippen molar-refractivity contribution in [2.75, 3.05) is 5.32 Å². The van der Waals surface area contributed by atoms with E-state index in [1.165, 1.54) is 48.5 Å². The minimum atomic E-state index is 0.597. The van der Waals surface area contributed by atoms with Gasteiger partial charge in [0.15, 0.2) is 0 Å². The van der Waals surface area contributed by atoms with Gasteiger partial charge in [-0.3, -0.25) is 0 Å². The first kappa shape index (κ1) is 15.4. The Morgan fingerprint density at radius 1 is 1.26 bits per heavy atom. The Hall–Kier alpha value is 0.0400. The summed E-state index contributed by atoms with van der Waals surface area (Å²) >= 11 is 8.60. The lowest BCUT2D eigenvalue weighted by molar-refractivity contribution is 0.422. The van der Waals surface area contributed by atoms with Gasteiger partial charge in [-0.15, -0.1) is 0 Å². The standard InChI is InChI=1S/C16H23ClIN/c1-2-4-12-5-3-6-14(9-7-12)19-16-10-8-13(18)11-15(16)17/h8,10-12,14,19H,2-7,9H2,1H3. The minimum Gasteiger partial charge on any atom is -0.381 e. The van der Waals surface area contributed by atoms with Crippen molar-refractivity contribution in [1.29, 1.82) is 0 Å². The fourth-order valence-corrected chi connectivity index (χ4v) is 3.96. The number of rotatable bonds is 4. The maximum Gasteiger partial charge on any atom is 0.0648 e. The molecule has 0 spiro atoms. The molecule has 0 amide bonds. The quantitative estimate of drug-likeness (QED) is 0.482. The summed E-state index contributed by atoms with van der Waals surface area (Å²) in [7, 11) is 0. The summed E-state index contributed by atoms with van der Waals surface area (Å²) in [6.45, 7) is 2.30. The van der Waals surface area contributed by atoms with Gasteiger partial charge in [0.1, 0.15) is 0 Å². The van der Waals surface area contributed by atoms with Gasteiger partial charge >= 0.3 is 0 Å². The Balaban J connectivity index is 1.92. The highest BCUT2D eigenvalue weighted by molar-refractivity contribution is 14.1. The average Bonchev–Trinajstić information content (AvgIpc) is 2.59. The van der Waals surface area contributed by atoms with E-state index in [2.05, 4.69) is 47.0 Å². The van der Waals surface area contributed by atoms with Crippen LogP contribution in [0.1, 0.15) is 51.9 Å². The Labute approximate surface area is 135 Å². The van der Waals surface area contributed by atoms with E-state index in [0.29, 0.717) is 6.04 Å². The molecular weight excluding hydrogens is 369 g/mol. The summed E-state index contributed by atoms with van der Waals surface area (Å²) in [4.78, 5) is 0. The first-order valence-corrected chi connectivity index (χ1v) is 8.86. The van der Waals surface area contributed by atoms with Gasteiger partial charge in [-0.05, 0) is 66.0 Å². The molecule has 0 heterocycles. The maximum atomic E-state index is 6.30. The molecule has 1 aliphatic rings. The largest absolute Gasteiger partial charge is 0.381 e. The summed E-state index contributed by atoms with van der Waals surface area (Å²) < 4.78 is 1.19. The van der Waals surface area contributed by atoms with Crippen molar-refractivity contribution in [2.45, 2.75) is 57.9 Å². The second kappa shape index (κ2) is 7.72. The molecule has 1 aromatic carbocycles. The molecule has 19 heavy (non-hydrogen) atoms. The third kappa shape index (κ3) is 4.82. The Morgan fingerprint density at radius 2 is 2.11 bits per heavy atom. The van der Waals surface area contributed by atoms with E-state index in [4.69, 9.17) is 11.6 Å². The number of halogens is 2. The zero-order valence-corrected chi connectivity index (χ0v) is 14.5. The number of nitrogens with one attached hydrogen (secondary N) is 1. The molecular formula is C16H23ClIN. The summed E-state index contributed by atoms with van der Waals surface area (Å²) in [5, 5.41) is 4.49. The van der Waals surface area contributed by atoms with Crippen LogP contribution in [0.5, 0.6) is 0 Å². The van der Waals surface area contributed by atoms with Gasteiger partial charge in [0.05, 0.1) is 10.7 Å². The number of hydrogen-bond donors (Lipinski definition) is 1. The molecule has 0 aliphatic heterocycles. The van der Waals surface area contributed by atoms with Crippen LogP contribution in [0.2, 0.25) is 5.02 Å². The van der Waals surface area contributed by atoms with Crippen molar-refractivity contribution < 1.29 is 0 Å². The van der Waals surface area contributed by atoms with E-state index in [0.717, 1.165) is 16.6 Å². The predicted octanol–water partition coefficient (Wildman–Crippen LogP) is 6.11. The Bertz CT molecular complexity index is 408. The fourth-order valence-electron chi connectivity index (χ4n) is 3.05. The van der Waals surface area contributed by atoms with E-state index in [9.17, 15) is 0 Å². The molecule has 1 aromatic rings. The number of hydrogen-bond acceptors (Lipinski definition) is 1. The zero-order valence-electron chi connectivity index (χ0n) is 11.6. The first-order chi connectivity index (χ1) is 9.19.